The van der Waals surface area contributed by atoms with Crippen LogP contribution in [-0.2, 0) is 16.0 Å². The topological polar surface area (TPSA) is 61.4 Å². The van der Waals surface area contributed by atoms with Gasteiger partial charge in [-0.3, -0.25) is 9.59 Å². The van der Waals surface area contributed by atoms with Crippen molar-refractivity contribution in [1.82, 2.24) is 10.6 Å². The summed E-state index contributed by atoms with van der Waals surface area (Å²) in [5.74, 6) is 0.876. The van der Waals surface area contributed by atoms with Gasteiger partial charge in [-0.05, 0) is 36.8 Å². The van der Waals surface area contributed by atoms with Crippen molar-refractivity contribution in [2.75, 3.05) is 18.0 Å². The number of fused-ring (bicyclic) bond motifs is 2. The van der Waals surface area contributed by atoms with Crippen molar-refractivity contribution in [3.05, 3.63) is 29.8 Å². The van der Waals surface area contributed by atoms with Gasteiger partial charge in [0, 0.05) is 24.8 Å². The number of nitrogens with zero attached hydrogens (tertiary/aromatic N) is 1. The van der Waals surface area contributed by atoms with Crippen LogP contribution in [0.2, 0.25) is 0 Å². The minimum atomic E-state index is -0.0559. The third-order valence-corrected chi connectivity index (χ3v) is 5.74. The zero-order chi connectivity index (χ0) is 16.5. The molecular weight excluding hydrogens is 338 g/mol. The highest BCUT2D eigenvalue weighted by atomic mass is 35.5. The second-order valence-electron chi connectivity index (χ2n) is 7.25. The molecule has 2 aliphatic heterocycles. The maximum Gasteiger partial charge on any atom is 0.237 e. The van der Waals surface area contributed by atoms with E-state index in [-0.39, 0.29) is 30.3 Å². The fourth-order valence-corrected chi connectivity index (χ4v) is 4.50. The molecule has 3 aliphatic rings. The predicted molar refractivity (Wildman–Crippen MR) is 100 cm³/mol. The summed E-state index contributed by atoms with van der Waals surface area (Å²) in [7, 11) is 0. The molecule has 4 rings (SSSR count). The lowest BCUT2D eigenvalue weighted by atomic mass is 9.85. The van der Waals surface area contributed by atoms with Crippen LogP contribution in [0, 0.1) is 5.92 Å². The van der Waals surface area contributed by atoms with Crippen molar-refractivity contribution in [2.45, 2.75) is 50.6 Å². The van der Waals surface area contributed by atoms with Crippen LogP contribution in [0.15, 0.2) is 24.3 Å². The number of hydrogen-bond acceptors (Lipinski definition) is 3. The van der Waals surface area contributed by atoms with Gasteiger partial charge >= 0.3 is 0 Å². The smallest absolute Gasteiger partial charge is 0.237 e. The molecule has 1 aromatic rings. The largest absolute Gasteiger partial charge is 0.353 e. The summed E-state index contributed by atoms with van der Waals surface area (Å²) in [6, 6.07) is 8.36. The third-order valence-electron chi connectivity index (χ3n) is 5.74. The summed E-state index contributed by atoms with van der Waals surface area (Å²) in [5, 5.41) is 6.52. The summed E-state index contributed by atoms with van der Waals surface area (Å²) >= 11 is 0. The number of benzene rings is 1. The van der Waals surface area contributed by atoms with Crippen LogP contribution in [0.25, 0.3) is 0 Å². The Morgan fingerprint density at radius 2 is 2.04 bits per heavy atom. The average molecular weight is 364 g/mol. The van der Waals surface area contributed by atoms with Gasteiger partial charge in [0.25, 0.3) is 0 Å². The van der Waals surface area contributed by atoms with Gasteiger partial charge in [0.2, 0.25) is 11.8 Å². The van der Waals surface area contributed by atoms with Crippen LogP contribution >= 0.6 is 12.4 Å². The molecule has 1 aliphatic carbocycles. The van der Waals surface area contributed by atoms with Gasteiger partial charge < -0.3 is 15.5 Å². The fourth-order valence-electron chi connectivity index (χ4n) is 4.50. The van der Waals surface area contributed by atoms with E-state index in [1.165, 1.54) is 25.7 Å². The summed E-state index contributed by atoms with van der Waals surface area (Å²) in [5.41, 5.74) is 2.07. The molecule has 1 aromatic carbocycles. The number of anilines is 1. The summed E-state index contributed by atoms with van der Waals surface area (Å²) in [6.07, 6.45) is 6.46. The number of nitrogens with one attached hydrogen (secondary N) is 2. The number of carbonyl (C=O) groups excluding carboxylic acids is 2. The fraction of sp³-hybridized carbons (Fsp3) is 0.579. The Morgan fingerprint density at radius 3 is 2.88 bits per heavy atom. The van der Waals surface area contributed by atoms with E-state index in [1.807, 2.05) is 24.3 Å². The molecule has 0 spiro atoms. The number of halogens is 1. The van der Waals surface area contributed by atoms with Crippen LogP contribution in [0.4, 0.5) is 5.69 Å². The molecule has 3 unspecified atom stereocenters. The van der Waals surface area contributed by atoms with E-state index >= 15 is 0 Å². The predicted octanol–water partition coefficient (Wildman–Crippen LogP) is 2.03. The Bertz CT molecular complexity index is 637. The third kappa shape index (κ3) is 3.67. The standard InChI is InChI=1S/C19H25N3O2.ClH/c23-18-12-14-6-2-4-8-17(14)22(18)10-9-20-19(24)16-11-13-5-1-3-7-15(13)21-16;/h2,4,6,8,13,15-16,21H,1,3,5,7,9-12H2,(H,20,24);1H. The highest BCUT2D eigenvalue weighted by Crippen LogP contribution is 2.33. The first-order chi connectivity index (χ1) is 11.7. The molecule has 3 atom stereocenters. The second-order valence-corrected chi connectivity index (χ2v) is 7.25. The highest BCUT2D eigenvalue weighted by Gasteiger charge is 2.38. The van der Waals surface area contributed by atoms with E-state index in [2.05, 4.69) is 10.6 Å². The Hall–Kier alpha value is -1.59. The highest BCUT2D eigenvalue weighted by molar-refractivity contribution is 6.01. The first-order valence-corrected chi connectivity index (χ1v) is 9.14. The molecule has 2 heterocycles. The molecule has 2 fully saturated rings. The molecule has 6 heteroatoms. The van der Waals surface area contributed by atoms with E-state index in [0.29, 0.717) is 31.5 Å². The molecule has 0 radical (unpaired) electrons. The van der Waals surface area contributed by atoms with Gasteiger partial charge in [-0.2, -0.15) is 0 Å². The Morgan fingerprint density at radius 1 is 1.24 bits per heavy atom. The van der Waals surface area contributed by atoms with E-state index in [4.69, 9.17) is 0 Å². The van der Waals surface area contributed by atoms with Gasteiger partial charge in [-0.25, -0.2) is 0 Å². The molecule has 2 N–H and O–H groups in total. The zero-order valence-corrected chi connectivity index (χ0v) is 15.2. The van der Waals surface area contributed by atoms with E-state index in [1.54, 1.807) is 4.90 Å². The number of hydrogen-bond donors (Lipinski definition) is 2. The van der Waals surface area contributed by atoms with Crippen molar-refractivity contribution < 1.29 is 9.59 Å². The number of carbonyl (C=O) groups is 2. The van der Waals surface area contributed by atoms with Crippen molar-refractivity contribution in [2.24, 2.45) is 5.92 Å². The maximum absolute atomic E-state index is 12.4. The molecule has 25 heavy (non-hydrogen) atoms. The number of amides is 2. The van der Waals surface area contributed by atoms with E-state index in [0.717, 1.165) is 17.7 Å². The summed E-state index contributed by atoms with van der Waals surface area (Å²) in [4.78, 5) is 26.3. The van der Waals surface area contributed by atoms with Crippen LogP contribution in [0.5, 0.6) is 0 Å². The van der Waals surface area contributed by atoms with Gasteiger partial charge in [0.05, 0.1) is 12.5 Å². The maximum atomic E-state index is 12.4. The molecular formula is C19H26ClN3O2. The van der Waals surface area contributed by atoms with Crippen LogP contribution in [0.3, 0.4) is 0 Å². The van der Waals surface area contributed by atoms with E-state index < -0.39 is 0 Å². The summed E-state index contributed by atoms with van der Waals surface area (Å²) in [6.45, 7) is 1.05. The molecule has 5 nitrogen and oxygen atoms in total. The number of rotatable bonds is 4. The first-order valence-electron chi connectivity index (χ1n) is 9.14. The normalized spacial score (nSPS) is 27.4. The zero-order valence-electron chi connectivity index (χ0n) is 14.4. The lowest BCUT2D eigenvalue weighted by Gasteiger charge is -2.24. The van der Waals surface area contributed by atoms with Crippen LogP contribution in [0.1, 0.15) is 37.7 Å². The van der Waals surface area contributed by atoms with Crippen molar-refractivity contribution in [3.8, 4) is 0 Å². The Balaban J connectivity index is 0.00000182. The minimum absolute atomic E-state index is 0. The van der Waals surface area contributed by atoms with Crippen molar-refractivity contribution in [1.29, 1.82) is 0 Å². The van der Waals surface area contributed by atoms with Crippen molar-refractivity contribution >= 4 is 29.9 Å². The van der Waals surface area contributed by atoms with Gasteiger partial charge in [-0.15, -0.1) is 12.4 Å². The van der Waals surface area contributed by atoms with Gasteiger partial charge in [0.15, 0.2) is 0 Å². The first kappa shape index (κ1) is 18.2. The van der Waals surface area contributed by atoms with Gasteiger partial charge in [0.1, 0.15) is 0 Å². The molecule has 1 saturated carbocycles. The SMILES string of the molecule is Cl.O=C(NCCN1C(=O)Cc2ccccc21)C1CC2CCCCC2N1. The molecule has 136 valence electrons. The molecule has 0 bridgehead atoms. The van der Waals surface area contributed by atoms with Gasteiger partial charge in [-0.1, -0.05) is 31.0 Å². The summed E-state index contributed by atoms with van der Waals surface area (Å²) < 4.78 is 0. The molecule has 1 saturated heterocycles. The second kappa shape index (κ2) is 7.75. The van der Waals surface area contributed by atoms with Crippen molar-refractivity contribution in [3.63, 3.8) is 0 Å². The number of para-hydroxylation sites is 1. The molecule has 2 amide bonds. The lowest BCUT2D eigenvalue weighted by molar-refractivity contribution is -0.123. The average Bonchev–Trinajstić information content (AvgIpc) is 3.16. The molecule has 0 aromatic heterocycles. The quantitative estimate of drug-likeness (QED) is 0.860. The lowest BCUT2D eigenvalue weighted by Crippen LogP contribution is -2.45. The van der Waals surface area contributed by atoms with Crippen LogP contribution in [-0.4, -0.2) is 37.0 Å². The van der Waals surface area contributed by atoms with Crippen LogP contribution < -0.4 is 15.5 Å². The monoisotopic (exact) mass is 363 g/mol. The Kier molecular flexibility index (Phi) is 5.64. The van der Waals surface area contributed by atoms with E-state index in [9.17, 15) is 9.59 Å². The Labute approximate surface area is 154 Å². The minimum Gasteiger partial charge on any atom is -0.353 e.